The van der Waals surface area contributed by atoms with Crippen LogP contribution in [0.25, 0.3) is 11.3 Å². The van der Waals surface area contributed by atoms with Crippen molar-refractivity contribution in [3.63, 3.8) is 0 Å². The average Bonchev–Trinajstić information content (AvgIpc) is 3.07. The van der Waals surface area contributed by atoms with Crippen molar-refractivity contribution >= 4 is 11.6 Å². The summed E-state index contributed by atoms with van der Waals surface area (Å²) in [6.45, 7) is 8.87. The fraction of sp³-hybridized carbons (Fsp3) is 0.429. The van der Waals surface area contributed by atoms with Crippen molar-refractivity contribution in [2.45, 2.75) is 47.0 Å². The molecule has 7 nitrogen and oxygen atoms in total. The number of aryl methyl sites for hydroxylation is 3. The van der Waals surface area contributed by atoms with E-state index in [-0.39, 0.29) is 11.5 Å². The largest absolute Gasteiger partial charge is 0.356 e. The van der Waals surface area contributed by atoms with E-state index in [1.807, 2.05) is 32.0 Å². The van der Waals surface area contributed by atoms with Crippen LogP contribution in [0, 0.1) is 19.8 Å². The highest BCUT2D eigenvalue weighted by molar-refractivity contribution is 5.75. The van der Waals surface area contributed by atoms with E-state index in [1.165, 1.54) is 5.56 Å². The van der Waals surface area contributed by atoms with Crippen molar-refractivity contribution in [2.24, 2.45) is 5.92 Å². The number of rotatable bonds is 7. The van der Waals surface area contributed by atoms with Crippen molar-refractivity contribution in [2.75, 3.05) is 6.54 Å². The Morgan fingerprint density at radius 3 is 2.64 bits per heavy atom. The van der Waals surface area contributed by atoms with Crippen LogP contribution in [0.4, 0.5) is 0 Å². The molecule has 0 aliphatic carbocycles. The van der Waals surface area contributed by atoms with Crippen molar-refractivity contribution in [3.8, 4) is 5.69 Å². The highest BCUT2D eigenvalue weighted by Gasteiger charge is 2.12. The third-order valence-electron chi connectivity index (χ3n) is 4.82. The molecule has 0 radical (unpaired) electrons. The lowest BCUT2D eigenvalue weighted by atomic mass is 10.1. The molecule has 1 aromatic carbocycles. The topological polar surface area (TPSA) is 81.3 Å². The predicted molar refractivity (Wildman–Crippen MR) is 109 cm³/mol. The van der Waals surface area contributed by atoms with Crippen LogP contribution >= 0.6 is 0 Å². The minimum Gasteiger partial charge on any atom is -0.356 e. The molecular weight excluding hydrogens is 354 g/mol. The van der Waals surface area contributed by atoms with Gasteiger partial charge >= 0.3 is 5.56 Å². The van der Waals surface area contributed by atoms with E-state index in [1.54, 1.807) is 21.4 Å². The number of amides is 1. The van der Waals surface area contributed by atoms with Gasteiger partial charge in [0.15, 0.2) is 0 Å². The number of benzene rings is 1. The second-order valence-corrected chi connectivity index (χ2v) is 7.60. The Bertz CT molecular complexity index is 1050. The normalized spacial score (nSPS) is 11.3. The fourth-order valence-corrected chi connectivity index (χ4v) is 3.00. The van der Waals surface area contributed by atoms with Crippen molar-refractivity contribution in [3.05, 3.63) is 57.9 Å². The molecule has 3 aromatic rings. The fourth-order valence-electron chi connectivity index (χ4n) is 3.00. The summed E-state index contributed by atoms with van der Waals surface area (Å²) in [7, 11) is 0. The van der Waals surface area contributed by atoms with Crippen LogP contribution in [0.2, 0.25) is 0 Å². The van der Waals surface area contributed by atoms with Gasteiger partial charge in [-0.3, -0.25) is 18.6 Å². The van der Waals surface area contributed by atoms with Gasteiger partial charge in [0.2, 0.25) is 11.6 Å². The smallest absolute Gasteiger partial charge is 0.300 e. The van der Waals surface area contributed by atoms with Gasteiger partial charge in [0.25, 0.3) is 0 Å². The maximum Gasteiger partial charge on any atom is 0.300 e. The summed E-state index contributed by atoms with van der Waals surface area (Å²) in [5, 5.41) is 11.1. The number of aromatic nitrogens is 4. The van der Waals surface area contributed by atoms with Gasteiger partial charge in [0.05, 0.1) is 0 Å². The Morgan fingerprint density at radius 1 is 1.14 bits per heavy atom. The molecule has 148 valence electrons. The Kier molecular flexibility index (Phi) is 5.92. The monoisotopic (exact) mass is 381 g/mol. The van der Waals surface area contributed by atoms with Crippen molar-refractivity contribution in [1.29, 1.82) is 0 Å². The lowest BCUT2D eigenvalue weighted by molar-refractivity contribution is -0.121. The molecule has 0 saturated carbocycles. The number of hydrogen-bond donors (Lipinski definition) is 1. The van der Waals surface area contributed by atoms with Gasteiger partial charge in [0.1, 0.15) is 5.82 Å². The van der Waals surface area contributed by atoms with Crippen LogP contribution in [0.1, 0.15) is 43.6 Å². The summed E-state index contributed by atoms with van der Waals surface area (Å²) >= 11 is 0. The summed E-state index contributed by atoms with van der Waals surface area (Å²) < 4.78 is 3.30. The molecule has 0 saturated heterocycles. The second kappa shape index (κ2) is 8.37. The summed E-state index contributed by atoms with van der Waals surface area (Å²) in [6, 6.07) is 5.91. The lowest BCUT2D eigenvalue weighted by Gasteiger charge is -2.09. The quantitative estimate of drug-likeness (QED) is 0.682. The first-order valence-corrected chi connectivity index (χ1v) is 9.66. The molecule has 0 aliphatic rings. The standard InChI is InChI=1S/C21H27N5O2/c1-14(2)13-22-19(27)7-5-6-18-23-24-20-21(28)25(10-11-26(18)20)17-9-8-15(3)16(4)12-17/h8-12,14H,5-7,13H2,1-4H3,(H,22,27). The molecule has 7 heteroatoms. The summed E-state index contributed by atoms with van der Waals surface area (Å²) in [5.74, 6) is 1.17. The van der Waals surface area contributed by atoms with Crippen LogP contribution in [0.5, 0.6) is 0 Å². The first kappa shape index (κ1) is 19.8. The van der Waals surface area contributed by atoms with Gasteiger partial charge in [-0.1, -0.05) is 19.9 Å². The van der Waals surface area contributed by atoms with Gasteiger partial charge in [0, 0.05) is 37.5 Å². The molecule has 0 aliphatic heterocycles. The van der Waals surface area contributed by atoms with Crippen LogP contribution in [0.15, 0.2) is 35.4 Å². The van der Waals surface area contributed by atoms with Crippen LogP contribution in [-0.4, -0.2) is 31.6 Å². The van der Waals surface area contributed by atoms with Gasteiger partial charge in [-0.2, -0.15) is 0 Å². The average molecular weight is 381 g/mol. The Labute approximate surface area is 164 Å². The zero-order valence-electron chi connectivity index (χ0n) is 16.9. The summed E-state index contributed by atoms with van der Waals surface area (Å²) in [6.07, 6.45) is 5.22. The van der Waals surface area contributed by atoms with E-state index >= 15 is 0 Å². The molecule has 0 spiro atoms. The summed E-state index contributed by atoms with van der Waals surface area (Å²) in [4.78, 5) is 24.7. The van der Waals surface area contributed by atoms with Crippen molar-refractivity contribution in [1.82, 2.24) is 24.5 Å². The molecule has 2 heterocycles. The zero-order valence-corrected chi connectivity index (χ0v) is 16.9. The van der Waals surface area contributed by atoms with E-state index in [9.17, 15) is 9.59 Å². The van der Waals surface area contributed by atoms with E-state index in [4.69, 9.17) is 0 Å². The Morgan fingerprint density at radius 2 is 1.93 bits per heavy atom. The molecule has 0 atom stereocenters. The zero-order chi connectivity index (χ0) is 20.3. The van der Waals surface area contributed by atoms with Gasteiger partial charge in [-0.25, -0.2) is 0 Å². The molecule has 0 fully saturated rings. The number of nitrogens with one attached hydrogen (secondary N) is 1. The Hall–Kier alpha value is -2.96. The van der Waals surface area contributed by atoms with Crippen LogP contribution < -0.4 is 10.9 Å². The highest BCUT2D eigenvalue weighted by Crippen LogP contribution is 2.13. The number of fused-ring (bicyclic) bond motifs is 1. The van der Waals surface area contributed by atoms with Crippen LogP contribution in [-0.2, 0) is 11.2 Å². The molecule has 0 bridgehead atoms. The maximum atomic E-state index is 12.8. The van der Waals surface area contributed by atoms with Gasteiger partial charge in [-0.15, -0.1) is 10.2 Å². The molecule has 1 N–H and O–H groups in total. The lowest BCUT2D eigenvalue weighted by Crippen LogP contribution is -2.27. The maximum absolute atomic E-state index is 12.8. The number of nitrogens with zero attached hydrogens (tertiary/aromatic N) is 4. The first-order valence-electron chi connectivity index (χ1n) is 9.66. The molecule has 28 heavy (non-hydrogen) atoms. The number of carbonyl (C=O) groups excluding carboxylic acids is 1. The van der Waals surface area contributed by atoms with E-state index in [0.29, 0.717) is 43.2 Å². The third kappa shape index (κ3) is 4.30. The summed E-state index contributed by atoms with van der Waals surface area (Å²) in [5.41, 5.74) is 3.20. The minimum atomic E-state index is -0.209. The first-order chi connectivity index (χ1) is 13.4. The van der Waals surface area contributed by atoms with E-state index in [0.717, 1.165) is 11.3 Å². The molecule has 1 amide bonds. The molecule has 0 unspecified atom stereocenters. The minimum absolute atomic E-state index is 0.0413. The van der Waals surface area contributed by atoms with Crippen molar-refractivity contribution < 1.29 is 4.79 Å². The van der Waals surface area contributed by atoms with E-state index < -0.39 is 0 Å². The van der Waals surface area contributed by atoms with Gasteiger partial charge < -0.3 is 5.32 Å². The Balaban J connectivity index is 1.75. The molecular formula is C21H27N5O2. The predicted octanol–water partition coefficient (Wildman–Crippen LogP) is 2.59. The van der Waals surface area contributed by atoms with Gasteiger partial charge in [-0.05, 0) is 49.4 Å². The number of hydrogen-bond acceptors (Lipinski definition) is 4. The molecule has 3 rings (SSSR count). The second-order valence-electron chi connectivity index (χ2n) is 7.60. The molecule has 2 aromatic heterocycles. The number of carbonyl (C=O) groups is 1. The highest BCUT2D eigenvalue weighted by atomic mass is 16.1. The SMILES string of the molecule is Cc1ccc(-n2ccn3c(CCCC(=O)NCC(C)C)nnc3c2=O)cc1C. The van der Waals surface area contributed by atoms with Crippen LogP contribution in [0.3, 0.4) is 0 Å². The third-order valence-corrected chi connectivity index (χ3v) is 4.82. The van der Waals surface area contributed by atoms with E-state index in [2.05, 4.69) is 29.4 Å².